The molecule has 1 aliphatic rings. The van der Waals surface area contributed by atoms with Crippen LogP contribution in [0.15, 0.2) is 60.7 Å². The first-order chi connectivity index (χ1) is 10.7. The van der Waals surface area contributed by atoms with Gasteiger partial charge in [-0.25, -0.2) is 9.69 Å². The number of likely N-dealkylation sites (tertiary alicyclic amines) is 1. The fourth-order valence-electron chi connectivity index (χ4n) is 3.21. The molecule has 2 amide bonds. The van der Waals surface area contributed by atoms with Gasteiger partial charge in [-0.3, -0.25) is 4.79 Å². The fraction of sp³-hybridized carbons (Fsp3) is 0.222. The second kappa shape index (κ2) is 5.64. The van der Waals surface area contributed by atoms with E-state index in [9.17, 15) is 9.59 Å². The number of methoxy groups -OCH3 is 1. The number of hydrogen-bond donors (Lipinski definition) is 0. The Balaban J connectivity index is 2.24. The summed E-state index contributed by atoms with van der Waals surface area (Å²) >= 11 is 0. The fourth-order valence-corrected chi connectivity index (χ4v) is 3.21. The van der Waals surface area contributed by atoms with E-state index in [1.807, 2.05) is 60.7 Å². The maximum atomic E-state index is 12.4. The molecule has 0 atom stereocenters. The molecule has 0 saturated carbocycles. The van der Waals surface area contributed by atoms with Crippen molar-refractivity contribution in [3.63, 3.8) is 0 Å². The average molecular weight is 295 g/mol. The number of ether oxygens (including phenoxy) is 1. The first-order valence-corrected chi connectivity index (χ1v) is 7.22. The van der Waals surface area contributed by atoms with Crippen LogP contribution in [-0.4, -0.2) is 24.0 Å². The van der Waals surface area contributed by atoms with Crippen molar-refractivity contribution in [1.82, 2.24) is 4.90 Å². The Morgan fingerprint density at radius 2 is 1.50 bits per heavy atom. The van der Waals surface area contributed by atoms with E-state index in [2.05, 4.69) is 0 Å². The van der Waals surface area contributed by atoms with E-state index in [4.69, 9.17) is 4.74 Å². The van der Waals surface area contributed by atoms with E-state index in [0.717, 1.165) is 11.1 Å². The lowest BCUT2D eigenvalue weighted by atomic mass is 9.80. The van der Waals surface area contributed by atoms with Crippen molar-refractivity contribution in [2.45, 2.75) is 18.4 Å². The molecule has 2 aromatic carbocycles. The molecule has 112 valence electrons. The van der Waals surface area contributed by atoms with Crippen LogP contribution in [-0.2, 0) is 15.1 Å². The minimum Gasteiger partial charge on any atom is -0.452 e. The van der Waals surface area contributed by atoms with E-state index < -0.39 is 11.6 Å². The predicted octanol–water partition coefficient (Wildman–Crippen LogP) is 3.32. The SMILES string of the molecule is COC(=O)N1C(=O)CCC1(c1ccccc1)c1ccccc1. The molecule has 0 aromatic heterocycles. The van der Waals surface area contributed by atoms with Crippen LogP contribution < -0.4 is 0 Å². The molecule has 4 nitrogen and oxygen atoms in total. The Labute approximate surface area is 129 Å². The molecule has 0 aliphatic carbocycles. The third-order valence-corrected chi connectivity index (χ3v) is 4.19. The molecule has 1 aliphatic heterocycles. The first kappa shape index (κ1) is 14.3. The molecule has 1 heterocycles. The van der Waals surface area contributed by atoms with Crippen molar-refractivity contribution in [3.8, 4) is 0 Å². The smallest absolute Gasteiger partial charge is 0.417 e. The number of nitrogens with zero attached hydrogens (tertiary/aromatic N) is 1. The molecule has 0 bridgehead atoms. The van der Waals surface area contributed by atoms with E-state index in [1.165, 1.54) is 12.0 Å². The lowest BCUT2D eigenvalue weighted by Crippen LogP contribution is -2.47. The molecule has 1 fully saturated rings. The van der Waals surface area contributed by atoms with Gasteiger partial charge >= 0.3 is 6.09 Å². The summed E-state index contributed by atoms with van der Waals surface area (Å²) < 4.78 is 4.87. The number of rotatable bonds is 2. The van der Waals surface area contributed by atoms with Crippen molar-refractivity contribution < 1.29 is 14.3 Å². The molecule has 4 heteroatoms. The zero-order valence-corrected chi connectivity index (χ0v) is 12.4. The Morgan fingerprint density at radius 3 is 1.95 bits per heavy atom. The van der Waals surface area contributed by atoms with Crippen molar-refractivity contribution in [2.75, 3.05) is 7.11 Å². The molecule has 0 N–H and O–H groups in total. The second-order valence-corrected chi connectivity index (χ2v) is 5.29. The summed E-state index contributed by atoms with van der Waals surface area (Å²) in [5.41, 5.74) is 1.03. The average Bonchev–Trinajstić information content (AvgIpc) is 2.94. The van der Waals surface area contributed by atoms with Crippen LogP contribution in [0.1, 0.15) is 24.0 Å². The number of carbonyl (C=O) groups excluding carboxylic acids is 2. The highest BCUT2D eigenvalue weighted by Gasteiger charge is 2.51. The monoisotopic (exact) mass is 295 g/mol. The Bertz CT molecular complexity index is 642. The lowest BCUT2D eigenvalue weighted by Gasteiger charge is -2.37. The molecular weight excluding hydrogens is 278 g/mol. The third-order valence-electron chi connectivity index (χ3n) is 4.19. The van der Waals surface area contributed by atoms with Gasteiger partial charge in [0.25, 0.3) is 0 Å². The van der Waals surface area contributed by atoms with Gasteiger partial charge in [0.15, 0.2) is 0 Å². The highest BCUT2D eigenvalue weighted by Crippen LogP contribution is 2.45. The maximum Gasteiger partial charge on any atom is 0.417 e. The molecule has 22 heavy (non-hydrogen) atoms. The maximum absolute atomic E-state index is 12.4. The number of imide groups is 1. The van der Waals surface area contributed by atoms with Crippen LogP contribution in [0, 0.1) is 0 Å². The Hall–Kier alpha value is -2.62. The van der Waals surface area contributed by atoms with Crippen LogP contribution in [0.3, 0.4) is 0 Å². The van der Waals surface area contributed by atoms with Gasteiger partial charge in [0.05, 0.1) is 7.11 Å². The summed E-state index contributed by atoms with van der Waals surface area (Å²) in [5.74, 6) is -0.209. The summed E-state index contributed by atoms with van der Waals surface area (Å²) in [7, 11) is 1.30. The molecule has 1 saturated heterocycles. The van der Waals surface area contributed by atoms with E-state index in [0.29, 0.717) is 12.8 Å². The zero-order chi connectivity index (χ0) is 15.6. The Morgan fingerprint density at radius 1 is 1.00 bits per heavy atom. The van der Waals surface area contributed by atoms with Crippen molar-refractivity contribution in [1.29, 1.82) is 0 Å². The van der Waals surface area contributed by atoms with Gasteiger partial charge in [0.1, 0.15) is 5.54 Å². The summed E-state index contributed by atoms with van der Waals surface area (Å²) in [5, 5.41) is 0. The van der Waals surface area contributed by atoms with Gasteiger partial charge in [0, 0.05) is 6.42 Å². The van der Waals surface area contributed by atoms with Gasteiger partial charge in [0.2, 0.25) is 5.91 Å². The normalized spacial score (nSPS) is 16.6. The van der Waals surface area contributed by atoms with Crippen molar-refractivity contribution in [3.05, 3.63) is 71.8 Å². The van der Waals surface area contributed by atoms with Crippen LogP contribution in [0.4, 0.5) is 4.79 Å². The van der Waals surface area contributed by atoms with Crippen molar-refractivity contribution >= 4 is 12.0 Å². The lowest BCUT2D eigenvalue weighted by molar-refractivity contribution is -0.128. The number of hydrogen-bond acceptors (Lipinski definition) is 3. The summed E-state index contributed by atoms with van der Waals surface area (Å²) in [6.45, 7) is 0. The van der Waals surface area contributed by atoms with Gasteiger partial charge in [-0.1, -0.05) is 60.7 Å². The summed E-state index contributed by atoms with van der Waals surface area (Å²) in [6, 6.07) is 19.3. The van der Waals surface area contributed by atoms with Gasteiger partial charge in [-0.05, 0) is 17.5 Å². The molecule has 0 radical (unpaired) electrons. The molecule has 2 aromatic rings. The summed E-state index contributed by atoms with van der Waals surface area (Å²) in [6.07, 6.45) is 0.253. The van der Waals surface area contributed by atoms with Crippen LogP contribution >= 0.6 is 0 Å². The Kier molecular flexibility index (Phi) is 3.67. The number of carbonyl (C=O) groups is 2. The van der Waals surface area contributed by atoms with E-state index >= 15 is 0 Å². The van der Waals surface area contributed by atoms with Gasteiger partial charge < -0.3 is 4.74 Å². The number of benzene rings is 2. The molecule has 0 spiro atoms. The van der Waals surface area contributed by atoms with E-state index in [1.54, 1.807) is 0 Å². The molecule has 3 rings (SSSR count). The van der Waals surface area contributed by atoms with Crippen molar-refractivity contribution in [2.24, 2.45) is 0 Å². The van der Waals surface area contributed by atoms with Gasteiger partial charge in [-0.2, -0.15) is 0 Å². The molecule has 0 unspecified atom stereocenters. The van der Waals surface area contributed by atoms with Crippen LogP contribution in [0.2, 0.25) is 0 Å². The summed E-state index contributed by atoms with van der Waals surface area (Å²) in [4.78, 5) is 25.9. The highest BCUT2D eigenvalue weighted by molar-refractivity contribution is 5.96. The van der Waals surface area contributed by atoms with Crippen LogP contribution in [0.25, 0.3) is 0 Å². The second-order valence-electron chi connectivity index (χ2n) is 5.29. The molecular formula is C18H17NO3. The minimum absolute atomic E-state index is 0.209. The number of amides is 2. The standard InChI is InChI=1S/C18H17NO3/c1-22-17(21)19-16(20)12-13-18(19,14-8-4-2-5-9-14)15-10-6-3-7-11-15/h2-11H,12-13H2,1H3. The van der Waals surface area contributed by atoms with Crippen LogP contribution in [0.5, 0.6) is 0 Å². The van der Waals surface area contributed by atoms with E-state index in [-0.39, 0.29) is 5.91 Å². The topological polar surface area (TPSA) is 46.6 Å². The quantitative estimate of drug-likeness (QED) is 0.854. The largest absolute Gasteiger partial charge is 0.452 e. The third kappa shape index (κ3) is 2.08. The zero-order valence-electron chi connectivity index (χ0n) is 12.4. The first-order valence-electron chi connectivity index (χ1n) is 7.22. The predicted molar refractivity (Wildman–Crippen MR) is 82.1 cm³/mol. The van der Waals surface area contributed by atoms with Gasteiger partial charge in [-0.15, -0.1) is 0 Å². The minimum atomic E-state index is -0.799. The highest BCUT2D eigenvalue weighted by atomic mass is 16.5.